The van der Waals surface area contributed by atoms with Crippen LogP contribution >= 0.6 is 11.8 Å². The van der Waals surface area contributed by atoms with Crippen molar-refractivity contribution in [3.8, 4) is 5.75 Å². The molecule has 1 atom stereocenters. The molecule has 0 spiro atoms. The molecule has 0 radical (unpaired) electrons. The van der Waals surface area contributed by atoms with Gasteiger partial charge in [-0.2, -0.15) is 0 Å². The van der Waals surface area contributed by atoms with Crippen molar-refractivity contribution < 1.29 is 14.3 Å². The van der Waals surface area contributed by atoms with E-state index in [0.29, 0.717) is 22.6 Å². The molecule has 2 aromatic rings. The molecule has 3 rings (SSSR count). The lowest BCUT2D eigenvalue weighted by atomic mass is 9.96. The number of nitrogens with two attached hydrogens (primary N) is 1. The number of hydrogen-bond acceptors (Lipinski definition) is 7. The number of urea groups is 1. The number of rotatable bonds is 8. The molecule has 1 saturated carbocycles. The van der Waals surface area contributed by atoms with E-state index in [0.717, 1.165) is 37.4 Å². The number of hydrogen-bond donors (Lipinski definition) is 3. The lowest BCUT2D eigenvalue weighted by molar-refractivity contribution is -0.119. The van der Waals surface area contributed by atoms with Gasteiger partial charge < -0.3 is 15.9 Å². The zero-order chi connectivity index (χ0) is 23.1. The summed E-state index contributed by atoms with van der Waals surface area (Å²) in [7, 11) is 0. The maximum Gasteiger partial charge on any atom is 0.321 e. The van der Waals surface area contributed by atoms with Crippen molar-refractivity contribution in [2.75, 3.05) is 5.84 Å². The summed E-state index contributed by atoms with van der Waals surface area (Å²) < 4.78 is 7.06. The molecule has 3 amide bonds. The SMILES string of the molecule is CC(C)c1ccc(OCc2nnc(S[C@@H](C)C(=O)NC(=O)NC3CCCCC3)n2N)cc1. The van der Waals surface area contributed by atoms with Crippen molar-refractivity contribution >= 4 is 23.7 Å². The van der Waals surface area contributed by atoms with Crippen LogP contribution in [-0.4, -0.2) is 38.1 Å². The monoisotopic (exact) mass is 460 g/mol. The van der Waals surface area contributed by atoms with E-state index < -0.39 is 17.2 Å². The maximum atomic E-state index is 12.4. The van der Waals surface area contributed by atoms with Crippen molar-refractivity contribution in [1.82, 2.24) is 25.5 Å². The summed E-state index contributed by atoms with van der Waals surface area (Å²) in [5, 5.41) is 13.2. The van der Waals surface area contributed by atoms with Crippen LogP contribution < -0.4 is 21.2 Å². The minimum atomic E-state index is -0.573. The second-order valence-electron chi connectivity index (χ2n) is 8.34. The zero-order valence-electron chi connectivity index (χ0n) is 18.8. The van der Waals surface area contributed by atoms with E-state index in [1.54, 1.807) is 6.92 Å². The van der Waals surface area contributed by atoms with E-state index in [1.807, 2.05) is 24.3 Å². The highest BCUT2D eigenvalue weighted by Gasteiger charge is 2.23. The van der Waals surface area contributed by atoms with Gasteiger partial charge in [0, 0.05) is 6.04 Å². The van der Waals surface area contributed by atoms with Crippen LogP contribution in [0.5, 0.6) is 5.75 Å². The topological polar surface area (TPSA) is 124 Å². The lowest BCUT2D eigenvalue weighted by Crippen LogP contribution is -2.47. The van der Waals surface area contributed by atoms with E-state index >= 15 is 0 Å². The van der Waals surface area contributed by atoms with E-state index in [1.165, 1.54) is 16.7 Å². The number of imide groups is 1. The first kappa shape index (κ1) is 23.9. The molecule has 0 unspecified atom stereocenters. The second kappa shape index (κ2) is 11.2. The van der Waals surface area contributed by atoms with Crippen molar-refractivity contribution in [2.24, 2.45) is 0 Å². The van der Waals surface area contributed by atoms with Crippen LogP contribution in [0.1, 0.15) is 70.2 Å². The van der Waals surface area contributed by atoms with Crippen LogP contribution in [-0.2, 0) is 11.4 Å². The summed E-state index contributed by atoms with van der Waals surface area (Å²) in [5.41, 5.74) is 1.23. The Balaban J connectivity index is 1.48. The molecule has 0 aliphatic heterocycles. The Bertz CT molecular complexity index is 909. The number of carbonyl (C=O) groups excluding carboxylic acids is 2. The molecule has 1 heterocycles. The number of nitrogens with one attached hydrogen (secondary N) is 2. The second-order valence-corrected chi connectivity index (χ2v) is 9.65. The summed E-state index contributed by atoms with van der Waals surface area (Å²) in [6.07, 6.45) is 5.31. The number of aromatic nitrogens is 3. The van der Waals surface area contributed by atoms with Crippen molar-refractivity contribution in [3.63, 3.8) is 0 Å². The molecule has 1 aliphatic rings. The minimum absolute atomic E-state index is 0.135. The van der Waals surface area contributed by atoms with Crippen molar-refractivity contribution in [3.05, 3.63) is 35.7 Å². The molecule has 10 heteroatoms. The van der Waals surface area contributed by atoms with Gasteiger partial charge in [0.25, 0.3) is 0 Å². The number of thioether (sulfide) groups is 1. The highest BCUT2D eigenvalue weighted by atomic mass is 32.2. The van der Waals surface area contributed by atoms with Gasteiger partial charge in [0.05, 0.1) is 5.25 Å². The van der Waals surface area contributed by atoms with Crippen LogP contribution in [0.25, 0.3) is 0 Å². The number of benzene rings is 1. The molecule has 32 heavy (non-hydrogen) atoms. The summed E-state index contributed by atoms with van der Waals surface area (Å²) in [6.45, 7) is 6.11. The van der Waals surface area contributed by atoms with E-state index in [9.17, 15) is 9.59 Å². The zero-order valence-corrected chi connectivity index (χ0v) is 19.7. The first-order valence-corrected chi connectivity index (χ1v) is 11.9. The molecule has 1 fully saturated rings. The fourth-order valence-electron chi connectivity index (χ4n) is 3.48. The first-order chi connectivity index (χ1) is 15.3. The Kier molecular flexibility index (Phi) is 8.38. The summed E-state index contributed by atoms with van der Waals surface area (Å²) in [4.78, 5) is 24.5. The quantitative estimate of drug-likeness (QED) is 0.408. The Morgan fingerprint density at radius 3 is 2.50 bits per heavy atom. The van der Waals surface area contributed by atoms with Gasteiger partial charge in [-0.15, -0.1) is 10.2 Å². The van der Waals surface area contributed by atoms with Crippen LogP contribution in [0, 0.1) is 0 Å². The Morgan fingerprint density at radius 1 is 1.16 bits per heavy atom. The van der Waals surface area contributed by atoms with E-state index in [2.05, 4.69) is 34.7 Å². The third kappa shape index (κ3) is 6.62. The fraction of sp³-hybridized carbons (Fsp3) is 0.545. The number of ether oxygens (including phenoxy) is 1. The van der Waals surface area contributed by atoms with Crippen LogP contribution in [0.4, 0.5) is 4.79 Å². The molecular formula is C22H32N6O3S. The molecule has 1 aromatic heterocycles. The van der Waals surface area contributed by atoms with E-state index in [4.69, 9.17) is 10.6 Å². The van der Waals surface area contributed by atoms with Gasteiger partial charge in [-0.25, -0.2) is 9.47 Å². The van der Waals surface area contributed by atoms with Gasteiger partial charge in [-0.05, 0) is 43.4 Å². The standard InChI is InChI=1S/C22H32N6O3S/c1-14(2)16-9-11-18(12-10-16)31-13-19-26-27-22(28(19)23)32-15(3)20(29)25-21(30)24-17-7-5-4-6-8-17/h9-12,14-15,17H,4-8,13,23H2,1-3H3,(H2,24,25,29,30)/t15-/m0/s1. The molecule has 1 aromatic carbocycles. The Labute approximate surface area is 192 Å². The van der Waals surface area contributed by atoms with E-state index in [-0.39, 0.29) is 12.6 Å². The number of amides is 3. The van der Waals surface area contributed by atoms with Gasteiger partial charge >= 0.3 is 6.03 Å². The summed E-state index contributed by atoms with van der Waals surface area (Å²) >= 11 is 1.13. The highest BCUT2D eigenvalue weighted by molar-refractivity contribution is 8.00. The number of nitrogen functional groups attached to an aromatic ring is 1. The van der Waals surface area contributed by atoms with Gasteiger partial charge in [0.2, 0.25) is 11.1 Å². The molecule has 0 saturated heterocycles. The maximum absolute atomic E-state index is 12.4. The van der Waals surface area contributed by atoms with Crippen LogP contribution in [0.2, 0.25) is 0 Å². The minimum Gasteiger partial charge on any atom is -0.486 e. The Morgan fingerprint density at radius 2 is 1.84 bits per heavy atom. The van der Waals surface area contributed by atoms with Gasteiger partial charge in [0.15, 0.2) is 5.82 Å². The number of carbonyl (C=O) groups is 2. The molecular weight excluding hydrogens is 428 g/mol. The van der Waals surface area contributed by atoms with Gasteiger partial charge in [-0.3, -0.25) is 10.1 Å². The fourth-order valence-corrected chi connectivity index (χ4v) is 4.27. The third-order valence-electron chi connectivity index (χ3n) is 5.48. The first-order valence-electron chi connectivity index (χ1n) is 11.0. The number of nitrogens with zero attached hydrogens (tertiary/aromatic N) is 3. The van der Waals surface area contributed by atoms with Crippen LogP contribution in [0.3, 0.4) is 0 Å². The average molecular weight is 461 g/mol. The van der Waals surface area contributed by atoms with Crippen molar-refractivity contribution in [2.45, 2.75) is 81.8 Å². The third-order valence-corrected chi connectivity index (χ3v) is 6.54. The largest absolute Gasteiger partial charge is 0.486 e. The molecule has 9 nitrogen and oxygen atoms in total. The van der Waals surface area contributed by atoms with Gasteiger partial charge in [-0.1, -0.05) is 57.0 Å². The van der Waals surface area contributed by atoms with Gasteiger partial charge in [0.1, 0.15) is 12.4 Å². The highest BCUT2D eigenvalue weighted by Crippen LogP contribution is 2.22. The van der Waals surface area contributed by atoms with Crippen LogP contribution in [0.15, 0.2) is 29.4 Å². The Hall–Kier alpha value is -2.75. The lowest BCUT2D eigenvalue weighted by Gasteiger charge is -2.22. The molecule has 174 valence electrons. The predicted octanol–water partition coefficient (Wildman–Crippen LogP) is 3.33. The average Bonchev–Trinajstić information content (AvgIpc) is 3.12. The molecule has 1 aliphatic carbocycles. The summed E-state index contributed by atoms with van der Waals surface area (Å²) in [6, 6.07) is 7.55. The predicted molar refractivity (Wildman–Crippen MR) is 124 cm³/mol. The summed E-state index contributed by atoms with van der Waals surface area (Å²) in [5.74, 6) is 7.27. The normalized spacial score (nSPS) is 15.4. The smallest absolute Gasteiger partial charge is 0.321 e. The van der Waals surface area contributed by atoms with Crippen molar-refractivity contribution in [1.29, 1.82) is 0 Å². The molecule has 0 bridgehead atoms. The molecule has 4 N–H and O–H groups in total.